The van der Waals surface area contributed by atoms with Crippen LogP contribution >= 0.6 is 0 Å². The number of ether oxygens (including phenoxy) is 2. The van der Waals surface area contributed by atoms with E-state index < -0.39 is 6.16 Å². The zero-order valence-corrected chi connectivity index (χ0v) is 5.16. The SMILES string of the molecule is C/C=C/C1COC(=O)O1. The Kier molecular flexibility index (Phi) is 1.72. The summed E-state index contributed by atoms with van der Waals surface area (Å²) < 4.78 is 9.16. The maximum atomic E-state index is 10.2. The van der Waals surface area contributed by atoms with Crippen LogP contribution in [0.2, 0.25) is 0 Å². The van der Waals surface area contributed by atoms with E-state index in [4.69, 9.17) is 0 Å². The third-order valence-electron chi connectivity index (χ3n) is 1.02. The van der Waals surface area contributed by atoms with Crippen molar-refractivity contribution in [1.82, 2.24) is 0 Å². The first-order chi connectivity index (χ1) is 4.33. The highest BCUT2D eigenvalue weighted by molar-refractivity contribution is 5.62. The molecular formula is C6H8O3. The van der Waals surface area contributed by atoms with E-state index in [1.165, 1.54) is 0 Å². The minimum Gasteiger partial charge on any atom is -0.430 e. The molecule has 3 nitrogen and oxygen atoms in total. The number of carbonyl (C=O) groups is 1. The fourth-order valence-corrected chi connectivity index (χ4v) is 0.651. The summed E-state index contributed by atoms with van der Waals surface area (Å²) in [6.07, 6.45) is 2.87. The Morgan fingerprint density at radius 1 is 1.78 bits per heavy atom. The number of hydrogen-bond acceptors (Lipinski definition) is 3. The van der Waals surface area contributed by atoms with Crippen LogP contribution in [0.4, 0.5) is 4.79 Å². The van der Waals surface area contributed by atoms with E-state index in [9.17, 15) is 4.79 Å². The predicted molar refractivity (Wildman–Crippen MR) is 31.0 cm³/mol. The molecule has 0 spiro atoms. The van der Waals surface area contributed by atoms with E-state index in [0.29, 0.717) is 6.61 Å². The molecule has 0 saturated carbocycles. The molecular weight excluding hydrogens is 120 g/mol. The lowest BCUT2D eigenvalue weighted by Crippen LogP contribution is -2.04. The zero-order chi connectivity index (χ0) is 6.69. The van der Waals surface area contributed by atoms with Gasteiger partial charge in [-0.15, -0.1) is 0 Å². The maximum absolute atomic E-state index is 10.2. The molecule has 9 heavy (non-hydrogen) atoms. The van der Waals surface area contributed by atoms with Crippen LogP contribution in [0.15, 0.2) is 12.2 Å². The largest absolute Gasteiger partial charge is 0.509 e. The van der Waals surface area contributed by atoms with Gasteiger partial charge in [0.25, 0.3) is 0 Å². The lowest BCUT2D eigenvalue weighted by molar-refractivity contribution is 0.125. The Bertz CT molecular complexity index is 139. The van der Waals surface area contributed by atoms with Crippen LogP contribution in [0.5, 0.6) is 0 Å². The monoisotopic (exact) mass is 128 g/mol. The van der Waals surface area contributed by atoms with E-state index in [-0.39, 0.29) is 6.10 Å². The van der Waals surface area contributed by atoms with Crippen LogP contribution in [0, 0.1) is 0 Å². The molecule has 1 atom stereocenters. The van der Waals surface area contributed by atoms with Gasteiger partial charge in [0, 0.05) is 0 Å². The molecule has 0 amide bonds. The molecule has 0 aromatic carbocycles. The van der Waals surface area contributed by atoms with Gasteiger partial charge in [-0.25, -0.2) is 4.79 Å². The van der Waals surface area contributed by atoms with Gasteiger partial charge in [-0.05, 0) is 13.0 Å². The van der Waals surface area contributed by atoms with Gasteiger partial charge in [-0.1, -0.05) is 6.08 Å². The molecule has 3 heteroatoms. The highest BCUT2D eigenvalue weighted by Crippen LogP contribution is 2.06. The molecule has 0 N–H and O–H groups in total. The predicted octanol–water partition coefficient (Wildman–Crippen LogP) is 1.10. The summed E-state index contributed by atoms with van der Waals surface area (Å²) in [6.45, 7) is 2.22. The normalized spacial score (nSPS) is 26.3. The number of carbonyl (C=O) groups excluding carboxylic acids is 1. The third kappa shape index (κ3) is 1.45. The first kappa shape index (κ1) is 6.13. The van der Waals surface area contributed by atoms with Crippen LogP contribution in [-0.4, -0.2) is 18.9 Å². The van der Waals surface area contributed by atoms with Crippen LogP contribution in [0.3, 0.4) is 0 Å². The number of cyclic esters (lactones) is 2. The van der Waals surface area contributed by atoms with Crippen molar-refractivity contribution in [3.8, 4) is 0 Å². The summed E-state index contributed by atoms with van der Waals surface area (Å²) in [5, 5.41) is 0. The van der Waals surface area contributed by atoms with Gasteiger partial charge >= 0.3 is 6.16 Å². The second-order valence-corrected chi connectivity index (χ2v) is 1.74. The average molecular weight is 128 g/mol. The first-order valence-corrected chi connectivity index (χ1v) is 2.79. The molecule has 1 unspecified atom stereocenters. The van der Waals surface area contributed by atoms with Crippen LogP contribution in [0.25, 0.3) is 0 Å². The van der Waals surface area contributed by atoms with E-state index in [1.807, 2.05) is 13.0 Å². The van der Waals surface area contributed by atoms with Crippen LogP contribution < -0.4 is 0 Å². The molecule has 1 saturated heterocycles. The fourth-order valence-electron chi connectivity index (χ4n) is 0.651. The van der Waals surface area contributed by atoms with Crippen molar-refractivity contribution in [2.45, 2.75) is 13.0 Å². The van der Waals surface area contributed by atoms with E-state index in [1.54, 1.807) is 6.08 Å². The molecule has 1 aliphatic rings. The van der Waals surface area contributed by atoms with Crippen molar-refractivity contribution in [3.63, 3.8) is 0 Å². The van der Waals surface area contributed by atoms with Crippen molar-refractivity contribution in [2.75, 3.05) is 6.61 Å². The van der Waals surface area contributed by atoms with Gasteiger partial charge in [-0.2, -0.15) is 0 Å². The molecule has 0 aromatic heterocycles. The number of rotatable bonds is 1. The Hall–Kier alpha value is -0.990. The van der Waals surface area contributed by atoms with Crippen molar-refractivity contribution in [1.29, 1.82) is 0 Å². The molecule has 1 fully saturated rings. The Morgan fingerprint density at radius 2 is 2.56 bits per heavy atom. The molecule has 0 aromatic rings. The van der Waals surface area contributed by atoms with Gasteiger partial charge in [0.15, 0.2) is 6.10 Å². The highest BCUT2D eigenvalue weighted by atomic mass is 16.8. The Morgan fingerprint density at radius 3 is 3.00 bits per heavy atom. The van der Waals surface area contributed by atoms with E-state index >= 15 is 0 Å². The topological polar surface area (TPSA) is 35.5 Å². The number of hydrogen-bond donors (Lipinski definition) is 0. The summed E-state index contributed by atoms with van der Waals surface area (Å²) in [5.74, 6) is 0. The Labute approximate surface area is 53.3 Å². The van der Waals surface area contributed by atoms with Crippen LogP contribution in [-0.2, 0) is 9.47 Å². The van der Waals surface area contributed by atoms with Gasteiger partial charge in [0.05, 0.1) is 0 Å². The highest BCUT2D eigenvalue weighted by Gasteiger charge is 2.21. The van der Waals surface area contributed by atoms with Gasteiger partial charge in [-0.3, -0.25) is 0 Å². The van der Waals surface area contributed by atoms with E-state index in [0.717, 1.165) is 0 Å². The summed E-state index contributed by atoms with van der Waals surface area (Å²) in [5.41, 5.74) is 0. The standard InChI is InChI=1S/C6H8O3/c1-2-3-5-4-8-6(7)9-5/h2-3,5H,4H2,1H3/b3-2+. The van der Waals surface area contributed by atoms with Crippen LogP contribution in [0.1, 0.15) is 6.92 Å². The average Bonchev–Trinajstić information content (AvgIpc) is 2.17. The second-order valence-electron chi connectivity index (χ2n) is 1.74. The van der Waals surface area contributed by atoms with Gasteiger partial charge in [0.2, 0.25) is 0 Å². The van der Waals surface area contributed by atoms with Gasteiger partial charge in [0.1, 0.15) is 6.61 Å². The second kappa shape index (κ2) is 2.53. The number of allylic oxidation sites excluding steroid dienone is 1. The Balaban J connectivity index is 2.39. The van der Waals surface area contributed by atoms with Gasteiger partial charge < -0.3 is 9.47 Å². The smallest absolute Gasteiger partial charge is 0.430 e. The lowest BCUT2D eigenvalue weighted by Gasteiger charge is -1.94. The summed E-state index contributed by atoms with van der Waals surface area (Å²) in [4.78, 5) is 10.2. The summed E-state index contributed by atoms with van der Waals surface area (Å²) in [6, 6.07) is 0. The summed E-state index contributed by atoms with van der Waals surface area (Å²) in [7, 11) is 0. The maximum Gasteiger partial charge on any atom is 0.509 e. The van der Waals surface area contributed by atoms with Crippen molar-refractivity contribution in [2.24, 2.45) is 0 Å². The zero-order valence-electron chi connectivity index (χ0n) is 5.16. The van der Waals surface area contributed by atoms with Crippen molar-refractivity contribution in [3.05, 3.63) is 12.2 Å². The molecule has 50 valence electrons. The molecule has 0 radical (unpaired) electrons. The first-order valence-electron chi connectivity index (χ1n) is 2.79. The summed E-state index contributed by atoms with van der Waals surface area (Å²) >= 11 is 0. The minimum absolute atomic E-state index is 0.164. The molecule has 1 heterocycles. The third-order valence-corrected chi connectivity index (χ3v) is 1.02. The molecule has 1 rings (SSSR count). The lowest BCUT2D eigenvalue weighted by atomic mass is 10.3. The molecule has 0 bridgehead atoms. The van der Waals surface area contributed by atoms with E-state index in [2.05, 4.69) is 9.47 Å². The van der Waals surface area contributed by atoms with Crippen molar-refractivity contribution < 1.29 is 14.3 Å². The quantitative estimate of drug-likeness (QED) is 0.392. The molecule has 1 aliphatic heterocycles. The fraction of sp³-hybridized carbons (Fsp3) is 0.500. The molecule has 0 aliphatic carbocycles. The minimum atomic E-state index is -0.571. The van der Waals surface area contributed by atoms with Crippen molar-refractivity contribution >= 4 is 6.16 Å².